The van der Waals surface area contributed by atoms with Gasteiger partial charge in [-0.25, -0.2) is 9.98 Å². The highest BCUT2D eigenvalue weighted by Gasteiger charge is 2.34. The molecule has 1 unspecified atom stereocenters. The first kappa shape index (κ1) is 28.2. The van der Waals surface area contributed by atoms with E-state index in [9.17, 15) is 0 Å². The van der Waals surface area contributed by atoms with E-state index in [1.807, 2.05) is 6.07 Å². The maximum atomic E-state index is 5.25. The van der Waals surface area contributed by atoms with Crippen LogP contribution in [0.1, 0.15) is 69.0 Å². The summed E-state index contributed by atoms with van der Waals surface area (Å²) in [5, 5.41) is 15.2. The first-order valence-corrected chi connectivity index (χ1v) is 16.0. The quantitative estimate of drug-likeness (QED) is 0.196. The molecule has 3 heterocycles. The Hall–Kier alpha value is -4.59. The van der Waals surface area contributed by atoms with Crippen molar-refractivity contribution in [3.63, 3.8) is 0 Å². The fourth-order valence-electron chi connectivity index (χ4n) is 6.82. The van der Waals surface area contributed by atoms with Gasteiger partial charge in [0.25, 0.3) is 0 Å². The van der Waals surface area contributed by atoms with Crippen molar-refractivity contribution in [3.05, 3.63) is 95.0 Å². The molecule has 224 valence electrons. The Labute approximate surface area is 258 Å². The molecule has 1 aliphatic heterocycles. The maximum absolute atomic E-state index is 5.25. The smallest absolute Gasteiger partial charge is 0.205 e. The van der Waals surface area contributed by atoms with E-state index < -0.39 is 0 Å². The molecule has 44 heavy (non-hydrogen) atoms. The molecule has 8 nitrogen and oxygen atoms in total. The van der Waals surface area contributed by atoms with Crippen LogP contribution in [0.3, 0.4) is 0 Å². The van der Waals surface area contributed by atoms with Crippen LogP contribution in [0, 0.1) is 12.8 Å². The molecule has 8 heteroatoms. The number of allylic oxidation sites excluding steroid dienone is 1. The average molecular weight is 585 g/mol. The highest BCUT2D eigenvalue weighted by Crippen LogP contribution is 2.35. The largest absolute Gasteiger partial charge is 0.347 e. The molecule has 0 saturated heterocycles. The third kappa shape index (κ3) is 5.23. The Morgan fingerprint density at radius 3 is 2.64 bits per heavy atom. The molecule has 1 N–H and O–H groups in total. The molecule has 2 aromatic heterocycles. The number of benzene rings is 3. The van der Waals surface area contributed by atoms with Crippen molar-refractivity contribution in [1.82, 2.24) is 35.1 Å². The number of nitrogens with zero attached hydrogens (tertiary/aromatic N) is 7. The minimum absolute atomic E-state index is 0.393. The van der Waals surface area contributed by atoms with Gasteiger partial charge in [0.15, 0.2) is 0 Å². The van der Waals surface area contributed by atoms with Gasteiger partial charge in [-0.3, -0.25) is 0 Å². The summed E-state index contributed by atoms with van der Waals surface area (Å²) in [5.41, 5.74) is 10.2. The van der Waals surface area contributed by atoms with Crippen LogP contribution >= 0.6 is 0 Å². The standard InChI is InChI=1S/C36H40N8/c1-5-11-33-38-34-24(4)18-27(36-37-30-14-9-10-15-31(30)44(36)21-23(2)3)20-32(34)43(33)22-25-16-17-28(26-12-7-6-8-13-26)29(19-25)35-39-41-42-40-35/h6-8,12-14,16-20,23,31H,5,9-11,15,21-22H2,1-4H3,(H,39,40,41,42). The number of amidine groups is 1. The molecule has 1 atom stereocenters. The number of imidazole rings is 1. The van der Waals surface area contributed by atoms with Crippen LogP contribution in [0.15, 0.2) is 77.4 Å². The number of hydrogen-bond acceptors (Lipinski definition) is 6. The predicted octanol–water partition coefficient (Wildman–Crippen LogP) is 7.35. The van der Waals surface area contributed by atoms with E-state index in [-0.39, 0.29) is 0 Å². The van der Waals surface area contributed by atoms with Gasteiger partial charge in [-0.05, 0) is 84.2 Å². The summed E-state index contributed by atoms with van der Waals surface area (Å²) in [6, 6.07) is 22.0. The lowest BCUT2D eigenvalue weighted by atomic mass is 9.97. The number of aromatic amines is 1. The number of rotatable bonds is 9. The molecule has 0 radical (unpaired) electrons. The van der Waals surface area contributed by atoms with Gasteiger partial charge in [0.2, 0.25) is 5.82 Å². The molecule has 0 bridgehead atoms. The van der Waals surface area contributed by atoms with Crippen molar-refractivity contribution in [1.29, 1.82) is 0 Å². The minimum Gasteiger partial charge on any atom is -0.347 e. The van der Waals surface area contributed by atoms with Gasteiger partial charge >= 0.3 is 0 Å². The third-order valence-corrected chi connectivity index (χ3v) is 8.77. The SMILES string of the molecule is CCCc1nc2c(C)cc(C3=NC4=CCCCC4N3CC(C)C)cc2n1Cc1ccc(-c2ccccc2)c(-c2nn[nH]n2)c1. The number of nitrogens with one attached hydrogen (secondary N) is 1. The fourth-order valence-corrected chi connectivity index (χ4v) is 6.82. The number of aryl methyl sites for hydroxylation is 2. The van der Waals surface area contributed by atoms with Crippen LogP contribution in [-0.4, -0.2) is 53.5 Å². The van der Waals surface area contributed by atoms with E-state index in [4.69, 9.17) is 9.98 Å². The summed E-state index contributed by atoms with van der Waals surface area (Å²) in [5.74, 6) is 3.37. The number of hydrogen-bond donors (Lipinski definition) is 1. The predicted molar refractivity (Wildman–Crippen MR) is 176 cm³/mol. The molecule has 2 aliphatic rings. The molecule has 3 aromatic carbocycles. The Morgan fingerprint density at radius 2 is 1.86 bits per heavy atom. The van der Waals surface area contributed by atoms with Gasteiger partial charge in [0, 0.05) is 30.6 Å². The van der Waals surface area contributed by atoms with Gasteiger partial charge < -0.3 is 9.47 Å². The summed E-state index contributed by atoms with van der Waals surface area (Å²) >= 11 is 0. The van der Waals surface area contributed by atoms with Crippen molar-refractivity contribution in [2.24, 2.45) is 10.9 Å². The molecule has 0 fully saturated rings. The second-order valence-corrected chi connectivity index (χ2v) is 12.6. The highest BCUT2D eigenvalue weighted by atomic mass is 15.5. The molecule has 1 aliphatic carbocycles. The first-order valence-electron chi connectivity index (χ1n) is 16.0. The summed E-state index contributed by atoms with van der Waals surface area (Å²) < 4.78 is 2.40. The minimum atomic E-state index is 0.393. The molecular formula is C36H40N8. The zero-order chi connectivity index (χ0) is 30.2. The maximum Gasteiger partial charge on any atom is 0.205 e. The van der Waals surface area contributed by atoms with Gasteiger partial charge in [0.05, 0.1) is 22.8 Å². The normalized spacial score (nSPS) is 16.5. The Balaban J connectivity index is 1.33. The summed E-state index contributed by atoms with van der Waals surface area (Å²) in [6.07, 6.45) is 7.82. The van der Waals surface area contributed by atoms with Crippen LogP contribution in [0.4, 0.5) is 0 Å². The van der Waals surface area contributed by atoms with Crippen LogP contribution in [0.25, 0.3) is 33.5 Å². The first-order chi connectivity index (χ1) is 21.5. The van der Waals surface area contributed by atoms with Crippen LogP contribution < -0.4 is 0 Å². The molecule has 5 aromatic rings. The van der Waals surface area contributed by atoms with Crippen molar-refractivity contribution >= 4 is 16.9 Å². The number of H-pyrrole nitrogens is 1. The lowest BCUT2D eigenvalue weighted by Gasteiger charge is -2.31. The van der Waals surface area contributed by atoms with Crippen LogP contribution in [0.5, 0.6) is 0 Å². The second-order valence-electron chi connectivity index (χ2n) is 12.6. The summed E-state index contributed by atoms with van der Waals surface area (Å²) in [6.45, 7) is 10.7. The molecule has 7 rings (SSSR count). The second kappa shape index (κ2) is 11.8. The zero-order valence-corrected chi connectivity index (χ0v) is 26.1. The number of fused-ring (bicyclic) bond motifs is 2. The highest BCUT2D eigenvalue weighted by molar-refractivity contribution is 6.04. The Bertz CT molecular complexity index is 1850. The van der Waals surface area contributed by atoms with E-state index in [1.165, 1.54) is 35.2 Å². The fraction of sp³-hybridized carbons (Fsp3) is 0.361. The molecule has 0 spiro atoms. The van der Waals surface area contributed by atoms with E-state index in [1.54, 1.807) is 0 Å². The summed E-state index contributed by atoms with van der Waals surface area (Å²) in [4.78, 5) is 13.0. The van der Waals surface area contributed by atoms with E-state index in [2.05, 4.69) is 118 Å². The average Bonchev–Trinajstić information content (AvgIpc) is 3.77. The van der Waals surface area contributed by atoms with Crippen molar-refractivity contribution in [2.45, 2.75) is 72.4 Å². The lowest BCUT2D eigenvalue weighted by Crippen LogP contribution is -2.39. The number of aliphatic imine (C=N–C) groups is 1. The zero-order valence-electron chi connectivity index (χ0n) is 26.1. The number of tetrazole rings is 1. The number of aromatic nitrogens is 6. The van der Waals surface area contributed by atoms with Gasteiger partial charge in [-0.2, -0.15) is 5.21 Å². The Kier molecular flexibility index (Phi) is 7.58. The van der Waals surface area contributed by atoms with Gasteiger partial charge in [0.1, 0.15) is 11.7 Å². The molecule has 0 saturated carbocycles. The third-order valence-electron chi connectivity index (χ3n) is 8.77. The Morgan fingerprint density at radius 1 is 1.00 bits per heavy atom. The monoisotopic (exact) mass is 584 g/mol. The van der Waals surface area contributed by atoms with Gasteiger partial charge in [-0.1, -0.05) is 69.3 Å². The molecule has 0 amide bonds. The van der Waals surface area contributed by atoms with Crippen molar-refractivity contribution in [3.8, 4) is 22.5 Å². The summed E-state index contributed by atoms with van der Waals surface area (Å²) in [7, 11) is 0. The van der Waals surface area contributed by atoms with Gasteiger partial charge in [-0.15, -0.1) is 10.2 Å². The van der Waals surface area contributed by atoms with Crippen LogP contribution in [0.2, 0.25) is 0 Å². The topological polar surface area (TPSA) is 87.9 Å². The van der Waals surface area contributed by atoms with E-state index in [0.717, 1.165) is 65.2 Å². The van der Waals surface area contributed by atoms with E-state index >= 15 is 0 Å². The van der Waals surface area contributed by atoms with Crippen molar-refractivity contribution in [2.75, 3.05) is 6.54 Å². The lowest BCUT2D eigenvalue weighted by molar-refractivity contribution is 0.302. The van der Waals surface area contributed by atoms with E-state index in [0.29, 0.717) is 24.3 Å². The molecular weight excluding hydrogens is 544 g/mol. The van der Waals surface area contributed by atoms with Crippen LogP contribution in [-0.2, 0) is 13.0 Å². The van der Waals surface area contributed by atoms with Crippen molar-refractivity contribution < 1.29 is 0 Å².